The average Bonchev–Trinajstić information content (AvgIpc) is 3.39. The molecule has 1 atom stereocenters. The fourth-order valence-electron chi connectivity index (χ4n) is 4.75. The highest BCUT2D eigenvalue weighted by Gasteiger charge is 2.33. The van der Waals surface area contributed by atoms with Gasteiger partial charge in [0, 0.05) is 36.5 Å². The van der Waals surface area contributed by atoms with E-state index in [4.69, 9.17) is 32.7 Å². The summed E-state index contributed by atoms with van der Waals surface area (Å²) in [6, 6.07) is 5.25. The lowest BCUT2D eigenvalue weighted by Crippen LogP contribution is -2.44. The first-order valence-corrected chi connectivity index (χ1v) is 12.3. The van der Waals surface area contributed by atoms with Gasteiger partial charge in [-0.15, -0.1) is 0 Å². The normalized spacial score (nSPS) is 19.0. The third-order valence-corrected chi connectivity index (χ3v) is 7.46. The van der Waals surface area contributed by atoms with Crippen molar-refractivity contribution in [3.8, 4) is 11.9 Å². The topological polar surface area (TPSA) is 96.9 Å². The Kier molecular flexibility index (Phi) is 8.30. The van der Waals surface area contributed by atoms with Crippen molar-refractivity contribution < 1.29 is 19.1 Å². The Morgan fingerprint density at radius 3 is 2.54 bits per heavy atom. The number of likely N-dealkylation sites (tertiary alicyclic amines) is 2. The number of nitrogens with one attached hydrogen (secondary N) is 1. The Labute approximate surface area is 214 Å². The summed E-state index contributed by atoms with van der Waals surface area (Å²) in [4.78, 5) is 37.9. The molecule has 3 heterocycles. The Hall–Kier alpha value is -2.62. The van der Waals surface area contributed by atoms with Crippen LogP contribution < -0.4 is 14.8 Å². The zero-order valence-corrected chi connectivity index (χ0v) is 21.3. The molecule has 0 radical (unpaired) electrons. The van der Waals surface area contributed by atoms with Crippen LogP contribution in [0.4, 0.5) is 0 Å². The van der Waals surface area contributed by atoms with E-state index in [1.165, 1.54) is 13.2 Å². The number of ether oxygens (including phenoxy) is 2. The molecular weight excluding hydrogens is 493 g/mol. The van der Waals surface area contributed by atoms with Crippen molar-refractivity contribution in [1.29, 1.82) is 0 Å². The number of nitrogens with zero attached hydrogens (tertiary/aromatic N) is 4. The molecule has 35 heavy (non-hydrogen) atoms. The zero-order valence-electron chi connectivity index (χ0n) is 19.8. The number of benzene rings is 1. The number of halogens is 2. The lowest BCUT2D eigenvalue weighted by atomic mass is 9.90. The van der Waals surface area contributed by atoms with Gasteiger partial charge in [0.1, 0.15) is 0 Å². The second-order valence-corrected chi connectivity index (χ2v) is 9.54. The van der Waals surface area contributed by atoms with Crippen LogP contribution in [0.5, 0.6) is 11.9 Å². The summed E-state index contributed by atoms with van der Waals surface area (Å²) < 4.78 is 10.6. The molecule has 1 unspecified atom stereocenters. The standard InChI is InChI=1S/C24H29Cl2N5O4/c1-34-23-18(12-28-24(29-23)35-2)15-5-8-30(9-6-15)17-7-10-31(14-17)21(32)13-27-22(33)16-3-4-19(25)20(26)11-16/h3-4,11-12,15,17H,5-10,13-14H2,1-2H3,(H,27,33). The third-order valence-electron chi connectivity index (χ3n) is 6.72. The number of rotatable bonds is 7. The molecule has 0 spiro atoms. The molecule has 1 aromatic carbocycles. The van der Waals surface area contributed by atoms with Crippen LogP contribution in [0.2, 0.25) is 10.0 Å². The molecule has 9 nitrogen and oxygen atoms in total. The molecule has 2 aliphatic heterocycles. The van der Waals surface area contributed by atoms with E-state index in [0.717, 1.165) is 37.9 Å². The van der Waals surface area contributed by atoms with Crippen LogP contribution in [0.15, 0.2) is 24.4 Å². The van der Waals surface area contributed by atoms with Gasteiger partial charge >= 0.3 is 6.01 Å². The molecule has 2 fully saturated rings. The lowest BCUT2D eigenvalue weighted by Gasteiger charge is -2.36. The maximum absolute atomic E-state index is 12.7. The summed E-state index contributed by atoms with van der Waals surface area (Å²) in [6.07, 6.45) is 4.66. The summed E-state index contributed by atoms with van der Waals surface area (Å²) in [5, 5.41) is 3.36. The van der Waals surface area contributed by atoms with Crippen LogP contribution in [0.3, 0.4) is 0 Å². The number of amides is 2. The zero-order chi connectivity index (χ0) is 24.9. The molecule has 4 rings (SSSR count). The monoisotopic (exact) mass is 521 g/mol. The third kappa shape index (κ3) is 5.97. The first-order chi connectivity index (χ1) is 16.9. The Morgan fingerprint density at radius 1 is 1.09 bits per heavy atom. The highest BCUT2D eigenvalue weighted by Crippen LogP contribution is 2.34. The molecule has 188 valence electrons. The summed E-state index contributed by atoms with van der Waals surface area (Å²) >= 11 is 11.9. The highest BCUT2D eigenvalue weighted by molar-refractivity contribution is 6.42. The first kappa shape index (κ1) is 25.5. The van der Waals surface area contributed by atoms with Gasteiger partial charge in [-0.05, 0) is 56.5 Å². The van der Waals surface area contributed by atoms with Crippen molar-refractivity contribution in [2.24, 2.45) is 0 Å². The highest BCUT2D eigenvalue weighted by atomic mass is 35.5. The molecule has 2 saturated heterocycles. The number of hydrogen-bond donors (Lipinski definition) is 1. The van der Waals surface area contributed by atoms with Crippen molar-refractivity contribution in [3.05, 3.63) is 45.6 Å². The Morgan fingerprint density at radius 2 is 1.86 bits per heavy atom. The number of methoxy groups -OCH3 is 2. The number of piperidine rings is 1. The van der Waals surface area contributed by atoms with Gasteiger partial charge in [-0.1, -0.05) is 23.2 Å². The summed E-state index contributed by atoms with van der Waals surface area (Å²) in [6.45, 7) is 3.17. The summed E-state index contributed by atoms with van der Waals surface area (Å²) in [7, 11) is 3.14. The molecule has 1 N–H and O–H groups in total. The molecule has 0 aliphatic carbocycles. The van der Waals surface area contributed by atoms with Crippen molar-refractivity contribution >= 4 is 35.0 Å². The lowest BCUT2D eigenvalue weighted by molar-refractivity contribution is -0.129. The molecule has 2 aromatic rings. The van der Waals surface area contributed by atoms with Crippen LogP contribution in [-0.2, 0) is 4.79 Å². The van der Waals surface area contributed by atoms with E-state index >= 15 is 0 Å². The van der Waals surface area contributed by atoms with Crippen LogP contribution in [0.25, 0.3) is 0 Å². The molecule has 2 aliphatic rings. The van der Waals surface area contributed by atoms with Gasteiger partial charge in [0.25, 0.3) is 5.91 Å². The van der Waals surface area contributed by atoms with E-state index in [-0.39, 0.29) is 18.4 Å². The van der Waals surface area contributed by atoms with Crippen molar-refractivity contribution in [2.45, 2.75) is 31.2 Å². The minimum absolute atomic E-state index is 0.0505. The van der Waals surface area contributed by atoms with Gasteiger partial charge in [0.05, 0.1) is 30.8 Å². The van der Waals surface area contributed by atoms with Crippen molar-refractivity contribution in [2.75, 3.05) is 46.9 Å². The van der Waals surface area contributed by atoms with Crippen LogP contribution in [0.1, 0.15) is 41.1 Å². The molecule has 0 saturated carbocycles. The van der Waals surface area contributed by atoms with Gasteiger partial charge in [-0.3, -0.25) is 14.5 Å². The fourth-order valence-corrected chi connectivity index (χ4v) is 5.05. The van der Waals surface area contributed by atoms with E-state index in [9.17, 15) is 9.59 Å². The molecule has 11 heteroatoms. The van der Waals surface area contributed by atoms with Gasteiger partial charge in [0.15, 0.2) is 0 Å². The average molecular weight is 522 g/mol. The number of carbonyl (C=O) groups excluding carboxylic acids is 2. The van der Waals surface area contributed by atoms with Gasteiger partial charge in [-0.25, -0.2) is 4.98 Å². The minimum Gasteiger partial charge on any atom is -0.481 e. The van der Waals surface area contributed by atoms with Crippen molar-refractivity contribution in [1.82, 2.24) is 25.1 Å². The SMILES string of the molecule is COc1ncc(C2CCN(C3CCN(C(=O)CNC(=O)c4ccc(Cl)c(Cl)c4)C3)CC2)c(OC)n1. The van der Waals surface area contributed by atoms with Crippen LogP contribution >= 0.6 is 23.2 Å². The quantitative estimate of drug-likeness (QED) is 0.597. The minimum atomic E-state index is -0.354. The smallest absolute Gasteiger partial charge is 0.319 e. The molecule has 2 amide bonds. The molecular formula is C24H29Cl2N5O4. The maximum atomic E-state index is 12.7. The van der Waals surface area contributed by atoms with E-state index < -0.39 is 0 Å². The number of aromatic nitrogens is 2. The second-order valence-electron chi connectivity index (χ2n) is 8.73. The van der Waals surface area contributed by atoms with Gasteiger partial charge in [0.2, 0.25) is 11.8 Å². The van der Waals surface area contributed by atoms with Gasteiger partial charge in [-0.2, -0.15) is 4.98 Å². The van der Waals surface area contributed by atoms with E-state index in [0.29, 0.717) is 52.5 Å². The molecule has 1 aromatic heterocycles. The largest absolute Gasteiger partial charge is 0.481 e. The van der Waals surface area contributed by atoms with Crippen molar-refractivity contribution in [3.63, 3.8) is 0 Å². The Bertz CT molecular complexity index is 1080. The van der Waals surface area contributed by atoms with Crippen LogP contribution in [0, 0.1) is 0 Å². The predicted octanol–water partition coefficient (Wildman–Crippen LogP) is 3.01. The van der Waals surface area contributed by atoms with E-state index in [1.54, 1.807) is 25.4 Å². The maximum Gasteiger partial charge on any atom is 0.319 e. The number of hydrogen-bond acceptors (Lipinski definition) is 7. The summed E-state index contributed by atoms with van der Waals surface area (Å²) in [5.74, 6) is 0.447. The molecule has 0 bridgehead atoms. The number of carbonyl (C=O) groups is 2. The van der Waals surface area contributed by atoms with Gasteiger partial charge < -0.3 is 19.7 Å². The predicted molar refractivity (Wildman–Crippen MR) is 132 cm³/mol. The second kappa shape index (κ2) is 11.4. The van der Waals surface area contributed by atoms with E-state index in [2.05, 4.69) is 20.2 Å². The Balaban J connectivity index is 1.25. The summed E-state index contributed by atoms with van der Waals surface area (Å²) in [5.41, 5.74) is 1.38. The first-order valence-electron chi connectivity index (χ1n) is 11.6. The van der Waals surface area contributed by atoms with E-state index in [1.807, 2.05) is 4.90 Å². The van der Waals surface area contributed by atoms with Crippen LogP contribution in [-0.4, -0.2) is 84.6 Å². The fraction of sp³-hybridized carbons (Fsp3) is 0.500.